The number of nitrogens with zero attached hydrogens (tertiary/aromatic N) is 1. The molecule has 0 spiro atoms. The zero-order valence-electron chi connectivity index (χ0n) is 14.1. The summed E-state index contributed by atoms with van der Waals surface area (Å²) >= 11 is 3.40. The molecule has 1 amide bonds. The molecule has 3 rings (SSSR count). The highest BCUT2D eigenvalue weighted by Crippen LogP contribution is 2.28. The highest BCUT2D eigenvalue weighted by molar-refractivity contribution is 9.10. The van der Waals surface area contributed by atoms with Crippen LogP contribution in [0, 0.1) is 0 Å². The molecule has 0 radical (unpaired) electrons. The van der Waals surface area contributed by atoms with Crippen LogP contribution in [0.4, 0.5) is 5.69 Å². The number of hydrogen-bond donors (Lipinski definition) is 0. The molecule has 1 heterocycles. The number of rotatable bonds is 5. The van der Waals surface area contributed by atoms with Gasteiger partial charge < -0.3 is 9.64 Å². The fourth-order valence-corrected chi connectivity index (χ4v) is 4.54. The minimum Gasteiger partial charge on any atom is -0.494 e. The summed E-state index contributed by atoms with van der Waals surface area (Å²) < 4.78 is 29.9. The molecule has 26 heavy (non-hydrogen) atoms. The molecule has 136 valence electrons. The Morgan fingerprint density at radius 2 is 1.88 bits per heavy atom. The van der Waals surface area contributed by atoms with Crippen molar-refractivity contribution < 1.29 is 17.9 Å². The van der Waals surface area contributed by atoms with Crippen molar-refractivity contribution in [3.63, 3.8) is 0 Å². The fourth-order valence-electron chi connectivity index (χ4n) is 2.81. The maximum absolute atomic E-state index is 13.2. The normalized spacial score (nSPS) is 17.8. The number of halogens is 1. The Hall–Kier alpha value is -2.12. The van der Waals surface area contributed by atoms with Gasteiger partial charge in [0, 0.05) is 15.6 Å². The summed E-state index contributed by atoms with van der Waals surface area (Å²) in [4.78, 5) is 14.7. The Morgan fingerprint density at radius 3 is 2.46 bits per heavy atom. The molecule has 1 aliphatic rings. The van der Waals surface area contributed by atoms with Gasteiger partial charge >= 0.3 is 0 Å². The van der Waals surface area contributed by atoms with E-state index in [1.165, 1.54) is 10.3 Å². The minimum atomic E-state index is -3.30. The molecule has 0 saturated carbocycles. The van der Waals surface area contributed by atoms with Crippen LogP contribution >= 0.6 is 15.9 Å². The van der Waals surface area contributed by atoms with E-state index in [0.29, 0.717) is 28.1 Å². The van der Waals surface area contributed by atoms with Crippen molar-refractivity contribution in [2.24, 2.45) is 0 Å². The van der Waals surface area contributed by atoms with E-state index in [2.05, 4.69) is 15.9 Å². The summed E-state index contributed by atoms with van der Waals surface area (Å²) in [5.41, 5.74) is 1.08. The van der Waals surface area contributed by atoms with Crippen LogP contribution in [0.1, 0.15) is 17.3 Å². The number of sulfone groups is 1. The first-order chi connectivity index (χ1) is 12.4. The van der Waals surface area contributed by atoms with Crippen LogP contribution in [0.3, 0.4) is 0 Å². The molecule has 1 aliphatic heterocycles. The van der Waals surface area contributed by atoms with E-state index in [0.717, 1.165) is 0 Å². The molecule has 2 aromatic carbocycles. The van der Waals surface area contributed by atoms with Crippen molar-refractivity contribution in [3.8, 4) is 5.75 Å². The summed E-state index contributed by atoms with van der Waals surface area (Å²) in [6, 6.07) is 13.6. The Labute approximate surface area is 161 Å². The van der Waals surface area contributed by atoms with Gasteiger partial charge in [0.2, 0.25) is 0 Å². The second kappa shape index (κ2) is 7.63. The van der Waals surface area contributed by atoms with Crippen LogP contribution in [0.2, 0.25) is 0 Å². The van der Waals surface area contributed by atoms with Crippen LogP contribution in [0.5, 0.6) is 5.75 Å². The summed E-state index contributed by atoms with van der Waals surface area (Å²) in [6.45, 7) is 2.44. The second-order valence-electron chi connectivity index (χ2n) is 5.81. The van der Waals surface area contributed by atoms with Crippen LogP contribution < -0.4 is 9.64 Å². The van der Waals surface area contributed by atoms with Crippen molar-refractivity contribution >= 4 is 37.4 Å². The Morgan fingerprint density at radius 1 is 1.19 bits per heavy atom. The topological polar surface area (TPSA) is 63.7 Å². The number of amides is 1. The third-order valence-corrected chi connectivity index (χ3v) is 6.06. The lowest BCUT2D eigenvalue weighted by atomic mass is 10.1. The SMILES string of the molecule is CCOc1ccc(N(C(=O)c2ccccc2Br)[C@H]2C=CS(=O)(=O)C2)cc1. The molecule has 0 fully saturated rings. The predicted octanol–water partition coefficient (Wildman–Crippen LogP) is 3.81. The predicted molar refractivity (Wildman–Crippen MR) is 105 cm³/mol. The molecular weight excluding hydrogens is 418 g/mol. The molecule has 5 nitrogen and oxygen atoms in total. The number of carbonyl (C=O) groups excluding carboxylic acids is 1. The van der Waals surface area contributed by atoms with Gasteiger partial charge in [-0.05, 0) is 65.3 Å². The first-order valence-electron chi connectivity index (χ1n) is 8.13. The van der Waals surface area contributed by atoms with E-state index in [4.69, 9.17) is 4.74 Å². The summed E-state index contributed by atoms with van der Waals surface area (Å²) in [5, 5.41) is 1.17. The number of ether oxygens (including phenoxy) is 1. The monoisotopic (exact) mass is 435 g/mol. The summed E-state index contributed by atoms with van der Waals surface area (Å²) in [7, 11) is -3.30. The zero-order chi connectivity index (χ0) is 18.7. The van der Waals surface area contributed by atoms with Crippen molar-refractivity contribution in [2.45, 2.75) is 13.0 Å². The third kappa shape index (κ3) is 3.99. The standard InChI is InChI=1S/C19H18BrNO4S/c1-2-25-16-9-7-14(8-10-16)21(15-11-12-26(23,24)13-15)19(22)17-5-3-4-6-18(17)20/h3-12,15H,2,13H2,1H3/t15-/m0/s1. The van der Waals surface area contributed by atoms with E-state index in [-0.39, 0.29) is 11.7 Å². The van der Waals surface area contributed by atoms with Gasteiger partial charge in [0.15, 0.2) is 9.84 Å². The van der Waals surface area contributed by atoms with E-state index in [1.54, 1.807) is 48.5 Å². The molecule has 2 aromatic rings. The van der Waals surface area contributed by atoms with Crippen LogP contribution in [0.15, 0.2) is 64.5 Å². The van der Waals surface area contributed by atoms with Gasteiger partial charge in [-0.2, -0.15) is 0 Å². The quantitative estimate of drug-likeness (QED) is 0.715. The van der Waals surface area contributed by atoms with E-state index in [1.807, 2.05) is 13.0 Å². The van der Waals surface area contributed by atoms with Crippen molar-refractivity contribution in [2.75, 3.05) is 17.3 Å². The van der Waals surface area contributed by atoms with E-state index < -0.39 is 15.9 Å². The number of hydrogen-bond acceptors (Lipinski definition) is 4. The van der Waals surface area contributed by atoms with Gasteiger partial charge in [-0.15, -0.1) is 0 Å². The molecule has 0 unspecified atom stereocenters. The van der Waals surface area contributed by atoms with Gasteiger partial charge in [0.05, 0.1) is 24.0 Å². The highest BCUT2D eigenvalue weighted by Gasteiger charge is 2.32. The smallest absolute Gasteiger partial charge is 0.260 e. The lowest BCUT2D eigenvalue weighted by Gasteiger charge is -2.28. The first-order valence-corrected chi connectivity index (χ1v) is 10.6. The van der Waals surface area contributed by atoms with Crippen molar-refractivity contribution in [3.05, 3.63) is 70.1 Å². The van der Waals surface area contributed by atoms with Crippen LogP contribution in [0.25, 0.3) is 0 Å². The fraction of sp³-hybridized carbons (Fsp3) is 0.211. The molecule has 0 aromatic heterocycles. The molecule has 0 bridgehead atoms. The lowest BCUT2D eigenvalue weighted by Crippen LogP contribution is -2.41. The van der Waals surface area contributed by atoms with Crippen LogP contribution in [-0.4, -0.2) is 32.7 Å². The maximum Gasteiger partial charge on any atom is 0.260 e. The van der Waals surface area contributed by atoms with Gasteiger partial charge in [0.25, 0.3) is 5.91 Å². The number of carbonyl (C=O) groups is 1. The number of anilines is 1. The molecule has 7 heteroatoms. The lowest BCUT2D eigenvalue weighted by molar-refractivity contribution is 0.0982. The minimum absolute atomic E-state index is 0.129. The van der Waals surface area contributed by atoms with Crippen molar-refractivity contribution in [1.29, 1.82) is 0 Å². The third-order valence-electron chi connectivity index (χ3n) is 3.99. The molecule has 1 atom stereocenters. The largest absolute Gasteiger partial charge is 0.494 e. The Balaban J connectivity index is 2.01. The van der Waals surface area contributed by atoms with Gasteiger partial charge in [-0.1, -0.05) is 12.1 Å². The molecular formula is C19H18BrNO4S. The summed E-state index contributed by atoms with van der Waals surface area (Å²) in [5.74, 6) is 0.295. The van der Waals surface area contributed by atoms with Crippen molar-refractivity contribution in [1.82, 2.24) is 0 Å². The van der Waals surface area contributed by atoms with Gasteiger partial charge in [-0.25, -0.2) is 8.42 Å². The Kier molecular flexibility index (Phi) is 5.48. The van der Waals surface area contributed by atoms with Gasteiger partial charge in [-0.3, -0.25) is 4.79 Å². The maximum atomic E-state index is 13.2. The average Bonchev–Trinajstić information content (AvgIpc) is 2.97. The van der Waals surface area contributed by atoms with Crippen LogP contribution in [-0.2, 0) is 9.84 Å². The zero-order valence-corrected chi connectivity index (χ0v) is 16.5. The van der Waals surface area contributed by atoms with E-state index >= 15 is 0 Å². The Bertz CT molecular complexity index is 938. The molecule has 0 aliphatic carbocycles. The molecule has 0 N–H and O–H groups in total. The highest BCUT2D eigenvalue weighted by atomic mass is 79.9. The van der Waals surface area contributed by atoms with E-state index in [9.17, 15) is 13.2 Å². The average molecular weight is 436 g/mol. The van der Waals surface area contributed by atoms with Gasteiger partial charge in [0.1, 0.15) is 5.75 Å². The second-order valence-corrected chi connectivity index (χ2v) is 8.59. The summed E-state index contributed by atoms with van der Waals surface area (Å²) in [6.07, 6.45) is 1.56. The molecule has 0 saturated heterocycles. The first kappa shape index (κ1) is 18.7. The number of benzene rings is 2.